The fourth-order valence-electron chi connectivity index (χ4n) is 4.70. The number of carbonyl (C=O) groups excluding carboxylic acids is 3. The Kier molecular flexibility index (Phi) is 4.77. The molecular formula is C21H27N3O4. The van der Waals surface area contributed by atoms with Crippen LogP contribution in [0.3, 0.4) is 0 Å². The normalized spacial score (nSPS) is 31.9. The highest BCUT2D eigenvalue weighted by Crippen LogP contribution is 2.40. The number of hydrogen-bond acceptors (Lipinski definition) is 4. The van der Waals surface area contributed by atoms with Crippen LogP contribution in [0.25, 0.3) is 0 Å². The quantitative estimate of drug-likeness (QED) is 0.781. The van der Waals surface area contributed by atoms with Gasteiger partial charge in [-0.2, -0.15) is 0 Å². The van der Waals surface area contributed by atoms with E-state index in [9.17, 15) is 14.4 Å². The van der Waals surface area contributed by atoms with Crippen molar-refractivity contribution in [2.45, 2.75) is 51.1 Å². The molecule has 0 aromatic heterocycles. The van der Waals surface area contributed by atoms with Gasteiger partial charge in [-0.25, -0.2) is 4.79 Å². The predicted octanol–water partition coefficient (Wildman–Crippen LogP) is 2.16. The molecule has 28 heavy (non-hydrogen) atoms. The lowest BCUT2D eigenvalue weighted by Crippen LogP contribution is -2.50. The molecule has 0 radical (unpaired) electrons. The molecule has 1 aliphatic carbocycles. The minimum absolute atomic E-state index is 0.0924. The minimum atomic E-state index is -1.14. The summed E-state index contributed by atoms with van der Waals surface area (Å²) in [4.78, 5) is 39.4. The maximum absolute atomic E-state index is 13.2. The molecule has 2 aliphatic heterocycles. The maximum Gasteiger partial charge on any atom is 0.325 e. The lowest BCUT2D eigenvalue weighted by molar-refractivity contribution is -0.136. The van der Waals surface area contributed by atoms with Gasteiger partial charge in [0.25, 0.3) is 5.91 Å². The summed E-state index contributed by atoms with van der Waals surface area (Å²) in [5.74, 6) is 0.867. The summed E-state index contributed by atoms with van der Waals surface area (Å²) >= 11 is 0. The van der Waals surface area contributed by atoms with E-state index in [0.717, 1.165) is 17.7 Å². The first-order valence-electron chi connectivity index (χ1n) is 10.1. The number of hydrogen-bond donors (Lipinski definition) is 2. The molecule has 7 nitrogen and oxygen atoms in total. The van der Waals surface area contributed by atoms with Crippen molar-refractivity contribution in [1.29, 1.82) is 0 Å². The van der Waals surface area contributed by atoms with Crippen molar-refractivity contribution >= 4 is 17.8 Å². The van der Waals surface area contributed by atoms with Crippen molar-refractivity contribution in [2.24, 2.45) is 11.8 Å². The molecule has 2 heterocycles. The Hall–Kier alpha value is -2.57. The highest BCUT2D eigenvalue weighted by molar-refractivity contribution is 6.09. The highest BCUT2D eigenvalue weighted by atomic mass is 16.5. The smallest absolute Gasteiger partial charge is 0.325 e. The van der Waals surface area contributed by atoms with Gasteiger partial charge < -0.3 is 15.4 Å². The second-order valence-corrected chi connectivity index (χ2v) is 8.26. The van der Waals surface area contributed by atoms with Crippen LogP contribution in [0.15, 0.2) is 24.3 Å². The maximum atomic E-state index is 13.2. The van der Waals surface area contributed by atoms with E-state index in [1.807, 2.05) is 12.1 Å². The summed E-state index contributed by atoms with van der Waals surface area (Å²) in [5, 5.41) is 5.87. The molecule has 2 fully saturated rings. The van der Waals surface area contributed by atoms with E-state index < -0.39 is 11.6 Å². The van der Waals surface area contributed by atoms with E-state index in [1.165, 1.54) is 6.42 Å². The Morgan fingerprint density at radius 1 is 1.29 bits per heavy atom. The number of benzene rings is 1. The van der Waals surface area contributed by atoms with Crippen molar-refractivity contribution in [3.8, 4) is 5.75 Å². The van der Waals surface area contributed by atoms with E-state index in [2.05, 4.69) is 24.5 Å². The van der Waals surface area contributed by atoms with Gasteiger partial charge in [0.05, 0.1) is 6.61 Å². The second-order valence-electron chi connectivity index (χ2n) is 8.26. The molecule has 1 spiro atoms. The van der Waals surface area contributed by atoms with Crippen LogP contribution in [0.1, 0.15) is 45.1 Å². The van der Waals surface area contributed by atoms with Gasteiger partial charge in [-0.3, -0.25) is 14.5 Å². The highest BCUT2D eigenvalue weighted by Gasteiger charge is 2.55. The van der Waals surface area contributed by atoms with Gasteiger partial charge in [-0.15, -0.1) is 0 Å². The summed E-state index contributed by atoms with van der Waals surface area (Å²) < 4.78 is 5.63. The Balaban J connectivity index is 1.49. The number of para-hydroxylation sites is 1. The summed E-state index contributed by atoms with van der Waals surface area (Å²) in [6, 6.07) is 6.79. The lowest BCUT2D eigenvalue weighted by Gasteiger charge is -2.35. The third-order valence-corrected chi connectivity index (χ3v) is 6.61. The van der Waals surface area contributed by atoms with E-state index in [4.69, 9.17) is 4.74 Å². The number of rotatable bonds is 3. The van der Waals surface area contributed by atoms with Gasteiger partial charge in [-0.05, 0) is 24.3 Å². The van der Waals surface area contributed by atoms with Crippen LogP contribution < -0.4 is 15.4 Å². The van der Waals surface area contributed by atoms with Crippen molar-refractivity contribution in [3.63, 3.8) is 0 Å². The van der Waals surface area contributed by atoms with Crippen LogP contribution >= 0.6 is 0 Å². The van der Waals surface area contributed by atoms with Crippen molar-refractivity contribution < 1.29 is 19.1 Å². The molecule has 0 unspecified atom stereocenters. The molecule has 4 rings (SSSR count). The van der Waals surface area contributed by atoms with Crippen molar-refractivity contribution in [2.75, 3.05) is 13.2 Å². The number of amides is 4. The number of carbonyl (C=O) groups is 3. The Morgan fingerprint density at radius 3 is 2.89 bits per heavy atom. The largest absolute Gasteiger partial charge is 0.493 e. The number of fused-ring (bicyclic) bond motifs is 2. The summed E-state index contributed by atoms with van der Waals surface area (Å²) in [6.07, 6.45) is 3.54. The average Bonchev–Trinajstić information content (AvgIpc) is 2.91. The van der Waals surface area contributed by atoms with Gasteiger partial charge in [0.15, 0.2) is 5.54 Å². The van der Waals surface area contributed by atoms with Gasteiger partial charge in [0.2, 0.25) is 5.91 Å². The summed E-state index contributed by atoms with van der Waals surface area (Å²) in [6.45, 7) is 4.43. The Morgan fingerprint density at radius 2 is 2.07 bits per heavy atom. The molecule has 1 aromatic rings. The molecule has 150 valence electrons. The number of nitrogens with zero attached hydrogens (tertiary/aromatic N) is 1. The van der Waals surface area contributed by atoms with E-state index in [-0.39, 0.29) is 24.4 Å². The zero-order valence-corrected chi connectivity index (χ0v) is 16.4. The molecule has 1 aromatic carbocycles. The molecule has 4 amide bonds. The van der Waals surface area contributed by atoms with Crippen molar-refractivity contribution in [1.82, 2.24) is 15.5 Å². The average molecular weight is 385 g/mol. The third-order valence-electron chi connectivity index (χ3n) is 6.61. The summed E-state index contributed by atoms with van der Waals surface area (Å²) in [5.41, 5.74) is -0.490. The molecule has 1 saturated carbocycles. The van der Waals surface area contributed by atoms with Crippen LogP contribution in [0.2, 0.25) is 0 Å². The zero-order chi connectivity index (χ0) is 19.9. The number of ether oxygens (including phenoxy) is 1. The fraction of sp³-hybridized carbons (Fsp3) is 0.571. The van der Waals surface area contributed by atoms with Crippen LogP contribution in [0.4, 0.5) is 4.79 Å². The van der Waals surface area contributed by atoms with Crippen molar-refractivity contribution in [3.05, 3.63) is 29.8 Å². The van der Waals surface area contributed by atoms with Gasteiger partial charge in [0, 0.05) is 18.0 Å². The number of imide groups is 1. The SMILES string of the molecule is C[C@H]1[C@@H](NC(=O)CN2C(=O)N[C@]3(CCOc4ccccc43)C2=O)CCC[C@@H]1C. The lowest BCUT2D eigenvalue weighted by atomic mass is 9.78. The monoisotopic (exact) mass is 385 g/mol. The van der Waals surface area contributed by atoms with Crippen LogP contribution in [-0.4, -0.2) is 41.9 Å². The number of urea groups is 1. The van der Waals surface area contributed by atoms with E-state index in [1.54, 1.807) is 12.1 Å². The van der Waals surface area contributed by atoms with Crippen LogP contribution in [-0.2, 0) is 15.1 Å². The Labute approximate surface area is 164 Å². The minimum Gasteiger partial charge on any atom is -0.493 e. The van der Waals surface area contributed by atoms with Crippen LogP contribution in [0, 0.1) is 11.8 Å². The standard InChI is InChI=1S/C21H27N3O4/c1-13-6-5-8-16(14(13)2)22-18(25)12-24-19(26)21(23-20(24)27)10-11-28-17-9-4-3-7-15(17)21/h3-4,7,9,13-14,16H,5-6,8,10-12H2,1-2H3,(H,22,25)(H,23,27)/t13-,14+,16-,21-/m0/s1. The van der Waals surface area contributed by atoms with E-state index >= 15 is 0 Å². The molecule has 3 aliphatic rings. The first-order chi connectivity index (χ1) is 13.4. The first kappa shape index (κ1) is 18.8. The predicted molar refractivity (Wildman–Crippen MR) is 103 cm³/mol. The van der Waals surface area contributed by atoms with Gasteiger partial charge >= 0.3 is 6.03 Å². The topological polar surface area (TPSA) is 87.7 Å². The molecule has 7 heteroatoms. The molecule has 1 saturated heterocycles. The fourth-order valence-corrected chi connectivity index (χ4v) is 4.70. The van der Waals surface area contributed by atoms with E-state index in [0.29, 0.717) is 36.2 Å². The summed E-state index contributed by atoms with van der Waals surface area (Å²) in [7, 11) is 0. The third kappa shape index (κ3) is 3.02. The Bertz CT molecular complexity index is 811. The van der Waals surface area contributed by atoms with Gasteiger partial charge in [-0.1, -0.05) is 44.9 Å². The molecule has 2 N–H and O–H groups in total. The molecule has 4 atom stereocenters. The number of nitrogens with one attached hydrogen (secondary N) is 2. The molecule has 0 bridgehead atoms. The second kappa shape index (κ2) is 7.11. The zero-order valence-electron chi connectivity index (χ0n) is 16.4. The molecular weight excluding hydrogens is 358 g/mol. The first-order valence-corrected chi connectivity index (χ1v) is 10.1. The van der Waals surface area contributed by atoms with Crippen LogP contribution in [0.5, 0.6) is 5.75 Å². The van der Waals surface area contributed by atoms with Gasteiger partial charge in [0.1, 0.15) is 12.3 Å².